The standard InChI is InChI=1S/C20H34O14.C18H25N5O7.C12H23NO6.C11H22O8.C11H16O.C10H22O6.C9H17NO3/c1-20(2,3)34-11(23)5-4-10(22)30-7-9-17(14(26)15(27)18(29)31-9)33-19-16(28)13(25)12(24)8(6-21)32-19;1-18(2,3)30-11(25)5-4-10(24)28-6-9-13(26)14(27)17(29-9)23-8-22-12-15(19)20-7-21-16(12)23;1-11(2,3)19-10(18)5-4-9(17)13-12(6-14,7-15)8-16;1-11(2,3)19-10(17)18-5-7(14)9(16)8(15)6(13)4-12;1-11(2,3)12-9-10-7-5-4-6-8-10;1-10(2,3)16-5-7(13)9(15)8(14)6(12)4-11;1-9(2,3)13-8(11)10-4-6-12-7-5-10/h8-9,12-19,21,24-29H,4-7H2,1-3H3;7-9,13-14,17,26-27H,4-6H2,1-3H3,(H2,19,20,21);14-16H,4-8H2,1-3H3,(H,13,17);6-9,12-16H,4-5H2,1-3H3;4-8H,9H2,1-3H3;6-9,11-15H,4-5H2,1-3H3;4-7H2,1-3H3. The second-order valence-corrected chi connectivity index (χ2v) is 40.2. The summed E-state index contributed by atoms with van der Waals surface area (Å²) in [5.74, 6) is -3.49. The lowest BCUT2D eigenvalue weighted by atomic mass is 9.97. The third-order valence-corrected chi connectivity index (χ3v) is 19.1. The van der Waals surface area contributed by atoms with Crippen molar-refractivity contribution >= 4 is 65.0 Å². The number of carbonyl (C=O) groups is 8. The van der Waals surface area contributed by atoms with Gasteiger partial charge in [0.05, 0.1) is 116 Å². The molecule has 0 saturated carbocycles. The van der Waals surface area contributed by atoms with Gasteiger partial charge in [0.25, 0.3) is 0 Å². The van der Waals surface area contributed by atoms with Crippen molar-refractivity contribution in [1.82, 2.24) is 29.7 Å². The lowest BCUT2D eigenvalue weighted by Gasteiger charge is -2.45. The molecule has 0 aliphatic carbocycles. The number of esters is 5. The number of anilines is 1. The van der Waals surface area contributed by atoms with Crippen LogP contribution in [0.4, 0.5) is 15.4 Å². The molecule has 25 N–H and O–H groups in total. The summed E-state index contributed by atoms with van der Waals surface area (Å²) in [6, 6.07) is 10.2. The predicted octanol–water partition coefficient (Wildman–Crippen LogP) is -4.22. The van der Waals surface area contributed by atoms with Crippen molar-refractivity contribution in [2.45, 2.75) is 370 Å². The summed E-state index contributed by atoms with van der Waals surface area (Å²) in [4.78, 5) is 107. The molecule has 7 rings (SSSR count). The zero-order valence-corrected chi connectivity index (χ0v) is 85.1. The van der Waals surface area contributed by atoms with Gasteiger partial charge in [0.15, 0.2) is 30.3 Å². The molecule has 52 heteroatoms. The zero-order valence-electron chi connectivity index (χ0n) is 85.1. The number of carbonyl (C=O) groups excluding carboxylic acids is 8. The first-order chi connectivity index (χ1) is 65.8. The lowest BCUT2D eigenvalue weighted by molar-refractivity contribution is -0.355. The van der Waals surface area contributed by atoms with Crippen LogP contribution in [0.15, 0.2) is 43.0 Å². The number of ether oxygens (including phenoxy) is 15. The first kappa shape index (κ1) is 133. The van der Waals surface area contributed by atoms with Gasteiger partial charge in [0.1, 0.15) is 181 Å². The Balaban J connectivity index is 0.000000861. The molecular formula is C91H159N7O45. The average Bonchev–Trinajstić information content (AvgIpc) is 1.64. The van der Waals surface area contributed by atoms with E-state index < -0.39 is 269 Å². The van der Waals surface area contributed by atoms with Crippen molar-refractivity contribution in [1.29, 1.82) is 0 Å². The van der Waals surface area contributed by atoms with Crippen molar-refractivity contribution in [3.63, 3.8) is 0 Å². The normalized spacial score (nSPS) is 23.3. The highest BCUT2D eigenvalue weighted by Gasteiger charge is 2.52. The topological polar surface area (TPSA) is 805 Å². The van der Waals surface area contributed by atoms with Crippen molar-refractivity contribution in [2.24, 2.45) is 0 Å². The van der Waals surface area contributed by atoms with E-state index in [0.717, 1.165) is 0 Å². The third-order valence-electron chi connectivity index (χ3n) is 19.1. The molecule has 4 saturated heterocycles. The Bertz CT molecular complexity index is 4150. The van der Waals surface area contributed by atoms with Crippen LogP contribution in [0, 0.1) is 0 Å². The van der Waals surface area contributed by atoms with E-state index in [1.807, 2.05) is 39.0 Å². The Morgan fingerprint density at radius 3 is 1.32 bits per heavy atom. The van der Waals surface area contributed by atoms with Gasteiger partial charge < -0.3 is 199 Å². The first-order valence-corrected chi connectivity index (χ1v) is 45.9. The molecule has 6 heterocycles. The SMILES string of the molecule is CC(C)(C)OC(=O)CCC(=O)NC(CO)(CO)CO.CC(C)(C)OC(=O)CCC(=O)OCC1OC(O)C(O)C(O)C1OC1OC(CO)C(O)C(O)C1O.CC(C)(C)OC(=O)CCC(=O)OCC1OC(n2cnc3c(N)ncnc32)C(O)C1O.CC(C)(C)OC(=O)N1CCOCC1.CC(C)(C)OC(=O)OCC(O)C(O)C(O)C(O)CO.CC(C)(C)OCC(O)C(O)C(O)C(O)CO.CC(C)(C)OCc1ccccc1. The number of imidazole rings is 1. The van der Waals surface area contributed by atoms with Crippen LogP contribution >= 0.6 is 0 Å². The van der Waals surface area contributed by atoms with E-state index in [9.17, 15) is 115 Å². The smallest absolute Gasteiger partial charge is 0.463 e. The van der Waals surface area contributed by atoms with E-state index >= 15 is 0 Å². The first-order valence-electron chi connectivity index (χ1n) is 45.9. The van der Waals surface area contributed by atoms with Crippen LogP contribution < -0.4 is 11.1 Å². The van der Waals surface area contributed by atoms with E-state index in [-0.39, 0.29) is 69.3 Å². The summed E-state index contributed by atoms with van der Waals surface area (Å²) in [6.45, 7) is 34.9. The summed E-state index contributed by atoms with van der Waals surface area (Å²) in [6.07, 6.45) is -33.8. The fourth-order valence-corrected chi connectivity index (χ4v) is 11.7. The number of aromatic nitrogens is 4. The molecule has 52 nitrogen and oxygen atoms in total. The quantitative estimate of drug-likeness (QED) is 0.0196. The van der Waals surface area contributed by atoms with Gasteiger partial charge in [-0.2, -0.15) is 0 Å². The highest BCUT2D eigenvalue weighted by Crippen LogP contribution is 2.34. The number of morpholine rings is 1. The number of aliphatic hydroxyl groups is 22. The lowest BCUT2D eigenvalue weighted by Crippen LogP contribution is -2.64. The predicted molar refractivity (Wildman–Crippen MR) is 496 cm³/mol. The van der Waals surface area contributed by atoms with Gasteiger partial charge in [0, 0.05) is 19.5 Å². The Morgan fingerprint density at radius 2 is 0.881 bits per heavy atom. The van der Waals surface area contributed by atoms with Crippen LogP contribution in [-0.2, 0) is 106 Å². The molecule has 22 unspecified atom stereocenters. The minimum Gasteiger partial charge on any atom is -0.463 e. The van der Waals surface area contributed by atoms with E-state index in [1.54, 1.807) is 109 Å². The van der Waals surface area contributed by atoms with Gasteiger partial charge in [-0.1, -0.05) is 30.3 Å². The number of aliphatic hydroxyl groups excluding tert-OH is 22. The molecule has 0 spiro atoms. The highest BCUT2D eigenvalue weighted by molar-refractivity contribution is 5.83. The van der Waals surface area contributed by atoms with Gasteiger partial charge in [-0.15, -0.1) is 0 Å². The molecule has 3 aromatic rings. The summed E-state index contributed by atoms with van der Waals surface area (Å²) in [7, 11) is 0. The van der Waals surface area contributed by atoms with Crippen LogP contribution in [-0.4, -0.2) is 450 Å². The van der Waals surface area contributed by atoms with Crippen molar-refractivity contribution in [3.05, 3.63) is 48.5 Å². The molecule has 22 atom stereocenters. The molecule has 4 aliphatic rings. The maximum atomic E-state index is 12.0. The summed E-state index contributed by atoms with van der Waals surface area (Å²) < 4.78 is 78.8. The monoisotopic (exact) mass is 2070 g/mol. The summed E-state index contributed by atoms with van der Waals surface area (Å²) >= 11 is 0. The number of nitrogen functional groups attached to an aromatic ring is 1. The number of hydrogen-bond acceptors (Lipinski definition) is 49. The number of amides is 2. The highest BCUT2D eigenvalue weighted by atomic mass is 16.7. The van der Waals surface area contributed by atoms with Crippen LogP contribution in [0.25, 0.3) is 11.2 Å². The summed E-state index contributed by atoms with van der Waals surface area (Å²) in [5.41, 5.74) is 2.52. The van der Waals surface area contributed by atoms with Gasteiger partial charge in [-0.25, -0.2) is 24.5 Å². The number of rotatable bonds is 35. The molecule has 828 valence electrons. The molecule has 2 amide bonds. The fraction of sp³-hybridized carbons (Fsp3) is 0.791. The van der Waals surface area contributed by atoms with E-state index in [2.05, 4.69) is 57.9 Å². The maximum absolute atomic E-state index is 12.0. The van der Waals surface area contributed by atoms with Gasteiger partial charge >= 0.3 is 42.1 Å². The Kier molecular flexibility index (Phi) is 57.7. The van der Waals surface area contributed by atoms with Crippen molar-refractivity contribution in [2.75, 3.05) is 98.1 Å². The van der Waals surface area contributed by atoms with E-state index in [4.69, 9.17) is 108 Å². The van der Waals surface area contributed by atoms with Crippen LogP contribution in [0.5, 0.6) is 0 Å². The van der Waals surface area contributed by atoms with Crippen molar-refractivity contribution < 1.29 is 222 Å². The second-order valence-electron chi connectivity index (χ2n) is 40.2. The van der Waals surface area contributed by atoms with Gasteiger partial charge in [-0.05, 0) is 151 Å². The second kappa shape index (κ2) is 62.2. The molecule has 0 radical (unpaired) electrons. The third kappa shape index (κ3) is 52.8. The number of hydrogen-bond donors (Lipinski definition) is 24. The van der Waals surface area contributed by atoms with E-state index in [1.165, 1.54) is 22.8 Å². The van der Waals surface area contributed by atoms with Gasteiger partial charge in [0.2, 0.25) is 5.91 Å². The number of nitrogens with one attached hydrogen (secondary N) is 1. The average molecular weight is 2070 g/mol. The van der Waals surface area contributed by atoms with Crippen LogP contribution in [0.3, 0.4) is 0 Å². The van der Waals surface area contributed by atoms with Crippen LogP contribution in [0.2, 0.25) is 0 Å². The number of fused-ring (bicyclic) bond motifs is 1. The maximum Gasteiger partial charge on any atom is 0.508 e. The zero-order chi connectivity index (χ0) is 110. The molecule has 2 aromatic heterocycles. The van der Waals surface area contributed by atoms with E-state index in [0.29, 0.717) is 44.1 Å². The minimum absolute atomic E-state index is 0.0458. The largest absolute Gasteiger partial charge is 0.508 e. The van der Waals surface area contributed by atoms with Crippen molar-refractivity contribution in [3.8, 4) is 0 Å². The molecule has 4 fully saturated rings. The molecule has 1 aromatic carbocycles. The molecule has 0 bridgehead atoms. The molecule has 143 heavy (non-hydrogen) atoms. The van der Waals surface area contributed by atoms with Crippen LogP contribution in [0.1, 0.15) is 196 Å². The Morgan fingerprint density at radius 1 is 0.448 bits per heavy atom. The number of nitrogens with two attached hydrogens (primary N) is 1. The minimum atomic E-state index is -1.87. The molecule has 4 aliphatic heterocycles. The summed E-state index contributed by atoms with van der Waals surface area (Å²) in [5, 5.41) is 211. The Labute approximate surface area is 830 Å². The molecular weight excluding hydrogens is 1910 g/mol. The number of nitrogens with zero attached hydrogens (tertiary/aromatic N) is 5. The number of benzene rings is 1. The fourth-order valence-electron chi connectivity index (χ4n) is 11.7. The van der Waals surface area contributed by atoms with Gasteiger partial charge in [-0.3, -0.25) is 33.3 Å². The Hall–Kier alpha value is -8.23.